The maximum absolute atomic E-state index is 12.8. The highest BCUT2D eigenvalue weighted by Gasteiger charge is 2.12. The van der Waals surface area contributed by atoms with Gasteiger partial charge in [0.05, 0.1) is 8.49 Å². The van der Waals surface area contributed by atoms with E-state index in [1.54, 1.807) is 24.3 Å². The number of nitro benzene ring substituents is 1. The van der Waals surface area contributed by atoms with Gasteiger partial charge in [0.2, 0.25) is 0 Å². The first kappa shape index (κ1) is 15.7. The van der Waals surface area contributed by atoms with Crippen molar-refractivity contribution in [3.8, 4) is 0 Å². The predicted octanol–water partition coefficient (Wildman–Crippen LogP) is 4.38. The molecule has 0 aliphatic heterocycles. The second-order valence-corrected chi connectivity index (χ2v) is 5.96. The van der Waals surface area contributed by atoms with Crippen LogP contribution in [0.2, 0.25) is 0 Å². The van der Waals surface area contributed by atoms with Gasteiger partial charge in [-0.05, 0) is 65.8 Å². The minimum atomic E-state index is -0.395. The van der Waals surface area contributed by atoms with E-state index < -0.39 is 4.92 Å². The first-order chi connectivity index (χ1) is 9.95. The second-order valence-electron chi connectivity index (χ2n) is 4.80. The van der Waals surface area contributed by atoms with Gasteiger partial charge < -0.3 is 5.32 Å². The molecule has 0 radical (unpaired) electrons. The number of nitro groups is 1. The fourth-order valence-corrected chi connectivity index (χ4v) is 2.77. The molecule has 1 atom stereocenters. The van der Waals surface area contributed by atoms with Crippen LogP contribution in [-0.4, -0.2) is 11.0 Å². The van der Waals surface area contributed by atoms with Gasteiger partial charge in [0.1, 0.15) is 5.82 Å². The Kier molecular flexibility index (Phi) is 5.11. The summed E-state index contributed by atoms with van der Waals surface area (Å²) in [5.41, 5.74) is 1.97. The van der Waals surface area contributed by atoms with Crippen molar-refractivity contribution in [2.24, 2.45) is 0 Å². The Morgan fingerprint density at radius 1 is 1.29 bits per heavy atom. The van der Waals surface area contributed by atoms with Crippen molar-refractivity contribution in [3.05, 3.63) is 67.5 Å². The lowest BCUT2D eigenvalue weighted by Crippen LogP contribution is -2.18. The highest BCUT2D eigenvalue weighted by molar-refractivity contribution is 14.1. The molecule has 1 N–H and O–H groups in total. The Hall–Kier alpha value is -1.70. The molecule has 0 bridgehead atoms. The summed E-state index contributed by atoms with van der Waals surface area (Å²) in [6.07, 6.45) is 0.744. The molecule has 0 fully saturated rings. The van der Waals surface area contributed by atoms with Gasteiger partial charge in [-0.3, -0.25) is 10.1 Å². The van der Waals surface area contributed by atoms with Gasteiger partial charge in [-0.1, -0.05) is 12.1 Å². The van der Waals surface area contributed by atoms with Gasteiger partial charge in [0.25, 0.3) is 5.69 Å². The molecule has 2 aromatic carbocycles. The summed E-state index contributed by atoms with van der Waals surface area (Å²) in [7, 11) is 0. The molecule has 110 valence electrons. The Morgan fingerprint density at radius 2 is 1.95 bits per heavy atom. The zero-order chi connectivity index (χ0) is 15.4. The van der Waals surface area contributed by atoms with Crippen molar-refractivity contribution in [1.29, 1.82) is 0 Å². The zero-order valence-electron chi connectivity index (χ0n) is 11.3. The first-order valence-corrected chi connectivity index (χ1v) is 7.48. The van der Waals surface area contributed by atoms with Gasteiger partial charge in [0, 0.05) is 17.8 Å². The summed E-state index contributed by atoms with van der Waals surface area (Å²) in [6.45, 7) is 2.01. The van der Waals surface area contributed by atoms with E-state index >= 15 is 0 Å². The summed E-state index contributed by atoms with van der Waals surface area (Å²) in [5, 5.41) is 14.1. The van der Waals surface area contributed by atoms with Gasteiger partial charge in [-0.15, -0.1) is 0 Å². The van der Waals surface area contributed by atoms with Gasteiger partial charge in [-0.25, -0.2) is 4.39 Å². The Bertz CT molecular complexity index is 647. The maximum Gasteiger partial charge on any atom is 0.282 e. The SMILES string of the molecule is CC(Cc1ccc(F)cc1)Nc1ccc([N+](=O)[O-])c(I)c1. The summed E-state index contributed by atoms with van der Waals surface area (Å²) >= 11 is 1.95. The lowest BCUT2D eigenvalue weighted by Gasteiger charge is -2.15. The van der Waals surface area contributed by atoms with Crippen LogP contribution in [0.4, 0.5) is 15.8 Å². The molecule has 0 aromatic heterocycles. The van der Waals surface area contributed by atoms with Crippen molar-refractivity contribution in [2.75, 3.05) is 5.32 Å². The number of halogens is 2. The molecule has 2 aromatic rings. The molecular formula is C15H14FIN2O2. The Balaban J connectivity index is 2.02. The Labute approximate surface area is 135 Å². The highest BCUT2D eigenvalue weighted by Crippen LogP contribution is 2.24. The van der Waals surface area contributed by atoms with Crippen molar-refractivity contribution in [2.45, 2.75) is 19.4 Å². The van der Waals surface area contributed by atoms with E-state index in [2.05, 4.69) is 5.32 Å². The summed E-state index contributed by atoms with van der Waals surface area (Å²) in [5.74, 6) is -0.246. The number of hydrogen-bond acceptors (Lipinski definition) is 3. The van der Waals surface area contributed by atoms with Crippen molar-refractivity contribution in [1.82, 2.24) is 0 Å². The molecule has 0 saturated carbocycles. The van der Waals surface area contributed by atoms with Crippen LogP contribution in [-0.2, 0) is 6.42 Å². The van der Waals surface area contributed by atoms with E-state index in [1.807, 2.05) is 29.5 Å². The largest absolute Gasteiger partial charge is 0.382 e. The minimum absolute atomic E-state index is 0.104. The molecular weight excluding hydrogens is 386 g/mol. The van der Waals surface area contributed by atoms with E-state index in [9.17, 15) is 14.5 Å². The lowest BCUT2D eigenvalue weighted by atomic mass is 10.1. The fourth-order valence-electron chi connectivity index (χ4n) is 2.05. The molecule has 0 saturated heterocycles. The molecule has 0 aliphatic carbocycles. The molecule has 1 unspecified atom stereocenters. The van der Waals surface area contributed by atoms with E-state index in [-0.39, 0.29) is 17.5 Å². The second kappa shape index (κ2) is 6.84. The van der Waals surface area contributed by atoms with Crippen molar-refractivity contribution >= 4 is 34.0 Å². The van der Waals surface area contributed by atoms with Crippen LogP contribution >= 0.6 is 22.6 Å². The average molecular weight is 400 g/mol. The van der Waals surface area contributed by atoms with Crippen LogP contribution in [0.15, 0.2) is 42.5 Å². The quantitative estimate of drug-likeness (QED) is 0.461. The van der Waals surface area contributed by atoms with Crippen LogP contribution in [0, 0.1) is 19.5 Å². The molecule has 0 spiro atoms. The number of benzene rings is 2. The fraction of sp³-hybridized carbons (Fsp3) is 0.200. The summed E-state index contributed by atoms with van der Waals surface area (Å²) in [6, 6.07) is 11.5. The third-order valence-electron chi connectivity index (χ3n) is 3.01. The smallest absolute Gasteiger partial charge is 0.282 e. The third kappa shape index (κ3) is 4.38. The predicted molar refractivity (Wildman–Crippen MR) is 89.0 cm³/mol. The standard InChI is InChI=1S/C15H14FIN2O2/c1-10(8-11-2-4-12(16)5-3-11)18-13-6-7-15(19(20)21)14(17)9-13/h2-7,9-10,18H,8H2,1H3. The molecule has 4 nitrogen and oxygen atoms in total. The minimum Gasteiger partial charge on any atom is -0.382 e. The molecule has 6 heteroatoms. The number of hydrogen-bond donors (Lipinski definition) is 1. The first-order valence-electron chi connectivity index (χ1n) is 6.40. The molecule has 0 heterocycles. The number of nitrogens with zero attached hydrogens (tertiary/aromatic N) is 1. The number of rotatable bonds is 5. The zero-order valence-corrected chi connectivity index (χ0v) is 13.5. The lowest BCUT2D eigenvalue weighted by molar-refractivity contribution is -0.385. The topological polar surface area (TPSA) is 55.2 Å². The normalized spacial score (nSPS) is 12.0. The van der Waals surface area contributed by atoms with Crippen LogP contribution in [0.3, 0.4) is 0 Å². The van der Waals surface area contributed by atoms with E-state index in [0.29, 0.717) is 3.57 Å². The van der Waals surface area contributed by atoms with Gasteiger partial charge in [-0.2, -0.15) is 0 Å². The van der Waals surface area contributed by atoms with Crippen LogP contribution < -0.4 is 5.32 Å². The molecule has 0 aliphatic rings. The molecule has 21 heavy (non-hydrogen) atoms. The van der Waals surface area contributed by atoms with E-state index in [0.717, 1.165) is 17.7 Å². The highest BCUT2D eigenvalue weighted by atomic mass is 127. The van der Waals surface area contributed by atoms with Crippen LogP contribution in [0.1, 0.15) is 12.5 Å². The van der Waals surface area contributed by atoms with Crippen molar-refractivity contribution < 1.29 is 9.31 Å². The maximum atomic E-state index is 12.8. The van der Waals surface area contributed by atoms with Crippen molar-refractivity contribution in [3.63, 3.8) is 0 Å². The third-order valence-corrected chi connectivity index (χ3v) is 3.88. The van der Waals surface area contributed by atoms with E-state index in [1.165, 1.54) is 18.2 Å². The number of nitrogens with one attached hydrogen (secondary N) is 1. The van der Waals surface area contributed by atoms with Crippen LogP contribution in [0.25, 0.3) is 0 Å². The van der Waals surface area contributed by atoms with Gasteiger partial charge >= 0.3 is 0 Å². The summed E-state index contributed by atoms with van der Waals surface area (Å²) < 4.78 is 13.4. The summed E-state index contributed by atoms with van der Waals surface area (Å²) in [4.78, 5) is 10.4. The van der Waals surface area contributed by atoms with Gasteiger partial charge in [0.15, 0.2) is 0 Å². The number of anilines is 1. The average Bonchev–Trinajstić information content (AvgIpc) is 2.41. The Morgan fingerprint density at radius 3 is 2.52 bits per heavy atom. The molecule has 2 rings (SSSR count). The van der Waals surface area contributed by atoms with Crippen LogP contribution in [0.5, 0.6) is 0 Å². The molecule has 0 amide bonds. The van der Waals surface area contributed by atoms with E-state index in [4.69, 9.17) is 0 Å². The monoisotopic (exact) mass is 400 g/mol.